The van der Waals surface area contributed by atoms with Crippen molar-refractivity contribution in [3.8, 4) is 11.1 Å². The molecule has 0 heterocycles. The fourth-order valence-electron chi connectivity index (χ4n) is 2.88. The van der Waals surface area contributed by atoms with Crippen LogP contribution in [0.5, 0.6) is 0 Å². The molecule has 0 atom stereocenters. The maximum atomic E-state index is 3.68. The summed E-state index contributed by atoms with van der Waals surface area (Å²) in [5.74, 6) is 0. The average molecular weight is 251 g/mol. The van der Waals surface area contributed by atoms with Crippen molar-refractivity contribution in [3.05, 3.63) is 60.2 Å². The summed E-state index contributed by atoms with van der Waals surface area (Å²) in [6.45, 7) is 0.991. The van der Waals surface area contributed by atoms with E-state index in [1.165, 1.54) is 42.4 Å². The molecule has 98 valence electrons. The minimum Gasteiger partial charge on any atom is -0.310 e. The lowest BCUT2D eigenvalue weighted by Gasteiger charge is -2.12. The first-order chi connectivity index (χ1) is 9.42. The maximum Gasteiger partial charge on any atom is 0.0208 e. The quantitative estimate of drug-likeness (QED) is 0.850. The lowest BCUT2D eigenvalue weighted by Crippen LogP contribution is -2.25. The molecule has 2 aromatic rings. The van der Waals surface area contributed by atoms with Crippen LogP contribution in [0.15, 0.2) is 54.6 Å². The molecule has 1 fully saturated rings. The molecule has 1 aliphatic rings. The van der Waals surface area contributed by atoms with Gasteiger partial charge in [-0.25, -0.2) is 0 Å². The van der Waals surface area contributed by atoms with Crippen LogP contribution in [0.3, 0.4) is 0 Å². The van der Waals surface area contributed by atoms with Crippen LogP contribution in [0.25, 0.3) is 11.1 Å². The second-order valence-corrected chi connectivity index (χ2v) is 5.43. The van der Waals surface area contributed by atoms with Gasteiger partial charge in [-0.1, -0.05) is 61.4 Å². The van der Waals surface area contributed by atoms with Gasteiger partial charge in [-0.05, 0) is 35.6 Å². The molecule has 3 rings (SSSR count). The van der Waals surface area contributed by atoms with Gasteiger partial charge in [0.05, 0.1) is 0 Å². The van der Waals surface area contributed by atoms with Gasteiger partial charge in [-0.15, -0.1) is 0 Å². The zero-order valence-corrected chi connectivity index (χ0v) is 11.3. The van der Waals surface area contributed by atoms with Crippen LogP contribution in [0.1, 0.15) is 31.2 Å². The third kappa shape index (κ3) is 3.24. The molecule has 0 amide bonds. The molecule has 0 aromatic heterocycles. The predicted octanol–water partition coefficient (Wildman–Crippen LogP) is 4.39. The molecule has 1 aliphatic carbocycles. The Morgan fingerprint density at radius 3 is 2.37 bits per heavy atom. The molecular weight excluding hydrogens is 230 g/mol. The van der Waals surface area contributed by atoms with E-state index in [9.17, 15) is 0 Å². The second kappa shape index (κ2) is 6.03. The van der Waals surface area contributed by atoms with Crippen molar-refractivity contribution in [3.63, 3.8) is 0 Å². The highest BCUT2D eigenvalue weighted by atomic mass is 14.9. The molecule has 1 nitrogen and oxygen atoms in total. The number of rotatable bonds is 4. The summed E-state index contributed by atoms with van der Waals surface area (Å²) in [4.78, 5) is 0. The van der Waals surface area contributed by atoms with Gasteiger partial charge in [0, 0.05) is 12.6 Å². The van der Waals surface area contributed by atoms with E-state index >= 15 is 0 Å². The fraction of sp³-hybridized carbons (Fsp3) is 0.333. The molecule has 0 bridgehead atoms. The summed E-state index contributed by atoms with van der Waals surface area (Å²) in [6.07, 6.45) is 5.47. The summed E-state index contributed by atoms with van der Waals surface area (Å²) >= 11 is 0. The molecule has 1 saturated carbocycles. The number of hydrogen-bond acceptors (Lipinski definition) is 1. The van der Waals surface area contributed by atoms with Crippen molar-refractivity contribution in [1.29, 1.82) is 0 Å². The lowest BCUT2D eigenvalue weighted by molar-refractivity contribution is 0.524. The molecule has 1 heteroatoms. The Hall–Kier alpha value is -1.60. The van der Waals surface area contributed by atoms with Gasteiger partial charge in [0.15, 0.2) is 0 Å². The molecule has 2 aromatic carbocycles. The van der Waals surface area contributed by atoms with Crippen molar-refractivity contribution < 1.29 is 0 Å². The largest absolute Gasteiger partial charge is 0.310 e. The Balaban J connectivity index is 1.69. The van der Waals surface area contributed by atoms with Gasteiger partial charge in [0.2, 0.25) is 0 Å². The minimum atomic E-state index is 0.736. The summed E-state index contributed by atoms with van der Waals surface area (Å²) in [5.41, 5.74) is 3.99. The van der Waals surface area contributed by atoms with Crippen LogP contribution in [0.4, 0.5) is 0 Å². The highest BCUT2D eigenvalue weighted by Gasteiger charge is 2.13. The lowest BCUT2D eigenvalue weighted by atomic mass is 10.0. The van der Waals surface area contributed by atoms with Gasteiger partial charge in [0.1, 0.15) is 0 Å². The molecule has 1 N–H and O–H groups in total. The SMILES string of the molecule is c1ccc(-c2cccc(CNC3CCCC3)c2)cc1. The van der Waals surface area contributed by atoms with E-state index in [1.54, 1.807) is 0 Å². The van der Waals surface area contributed by atoms with E-state index in [0.717, 1.165) is 12.6 Å². The maximum absolute atomic E-state index is 3.68. The third-order valence-electron chi connectivity index (χ3n) is 3.98. The third-order valence-corrected chi connectivity index (χ3v) is 3.98. The van der Waals surface area contributed by atoms with Crippen LogP contribution in [-0.2, 0) is 6.54 Å². The average Bonchev–Trinajstić information content (AvgIpc) is 3.00. The summed E-state index contributed by atoms with van der Waals surface area (Å²) < 4.78 is 0. The van der Waals surface area contributed by atoms with Crippen LogP contribution in [0.2, 0.25) is 0 Å². The fourth-order valence-corrected chi connectivity index (χ4v) is 2.88. The Labute approximate surface area is 115 Å². The molecule has 0 unspecified atom stereocenters. The zero-order valence-electron chi connectivity index (χ0n) is 11.3. The Bertz CT molecular complexity index is 512. The normalized spacial score (nSPS) is 15.8. The Morgan fingerprint density at radius 2 is 1.58 bits per heavy atom. The number of benzene rings is 2. The van der Waals surface area contributed by atoms with Crippen LogP contribution >= 0.6 is 0 Å². The van der Waals surface area contributed by atoms with Gasteiger partial charge >= 0.3 is 0 Å². The van der Waals surface area contributed by atoms with Crippen molar-refractivity contribution in [2.45, 2.75) is 38.3 Å². The van der Waals surface area contributed by atoms with Crippen LogP contribution in [0, 0.1) is 0 Å². The van der Waals surface area contributed by atoms with Crippen LogP contribution in [-0.4, -0.2) is 6.04 Å². The van der Waals surface area contributed by atoms with Crippen molar-refractivity contribution >= 4 is 0 Å². The predicted molar refractivity (Wildman–Crippen MR) is 81.0 cm³/mol. The van der Waals surface area contributed by atoms with Gasteiger partial charge in [-0.2, -0.15) is 0 Å². The van der Waals surface area contributed by atoms with Crippen molar-refractivity contribution in [1.82, 2.24) is 5.32 Å². The highest BCUT2D eigenvalue weighted by molar-refractivity contribution is 5.63. The molecule has 19 heavy (non-hydrogen) atoms. The van der Waals surface area contributed by atoms with Crippen molar-refractivity contribution in [2.75, 3.05) is 0 Å². The van der Waals surface area contributed by atoms with Crippen molar-refractivity contribution in [2.24, 2.45) is 0 Å². The van der Waals surface area contributed by atoms with E-state index in [1.807, 2.05) is 0 Å². The topological polar surface area (TPSA) is 12.0 Å². The smallest absolute Gasteiger partial charge is 0.0208 e. The van der Waals surface area contributed by atoms with Gasteiger partial charge in [0.25, 0.3) is 0 Å². The van der Waals surface area contributed by atoms with E-state index in [0.29, 0.717) is 0 Å². The number of hydrogen-bond donors (Lipinski definition) is 1. The molecular formula is C18H21N. The van der Waals surface area contributed by atoms with E-state index < -0.39 is 0 Å². The summed E-state index contributed by atoms with van der Waals surface area (Å²) in [7, 11) is 0. The first-order valence-electron chi connectivity index (χ1n) is 7.29. The second-order valence-electron chi connectivity index (χ2n) is 5.43. The number of nitrogens with one attached hydrogen (secondary N) is 1. The molecule has 0 aliphatic heterocycles. The highest BCUT2D eigenvalue weighted by Crippen LogP contribution is 2.21. The molecule has 0 saturated heterocycles. The monoisotopic (exact) mass is 251 g/mol. The minimum absolute atomic E-state index is 0.736. The molecule has 0 radical (unpaired) electrons. The van der Waals surface area contributed by atoms with E-state index in [2.05, 4.69) is 59.9 Å². The Kier molecular flexibility index (Phi) is 3.95. The first kappa shape index (κ1) is 12.4. The van der Waals surface area contributed by atoms with E-state index in [4.69, 9.17) is 0 Å². The van der Waals surface area contributed by atoms with Gasteiger partial charge < -0.3 is 5.32 Å². The first-order valence-corrected chi connectivity index (χ1v) is 7.29. The van der Waals surface area contributed by atoms with Crippen LogP contribution < -0.4 is 5.32 Å². The Morgan fingerprint density at radius 1 is 0.842 bits per heavy atom. The summed E-state index contributed by atoms with van der Waals surface area (Å²) in [6, 6.07) is 20.2. The van der Waals surface area contributed by atoms with E-state index in [-0.39, 0.29) is 0 Å². The standard InChI is InChI=1S/C18H21N/c1-2-8-16(9-3-1)17-10-6-7-15(13-17)14-19-18-11-4-5-12-18/h1-3,6-10,13,18-19H,4-5,11-12,14H2. The van der Waals surface area contributed by atoms with Gasteiger partial charge in [-0.3, -0.25) is 0 Å². The summed E-state index contributed by atoms with van der Waals surface area (Å²) in [5, 5.41) is 3.68. The molecule has 0 spiro atoms. The zero-order chi connectivity index (χ0) is 12.9.